The summed E-state index contributed by atoms with van der Waals surface area (Å²) in [6.07, 6.45) is 5.49. The van der Waals surface area contributed by atoms with Crippen molar-refractivity contribution >= 4 is 14.4 Å². The van der Waals surface area contributed by atoms with E-state index in [2.05, 4.69) is 39.8 Å². The Bertz CT molecular complexity index is 381. The van der Waals surface area contributed by atoms with Crippen molar-refractivity contribution in [2.75, 3.05) is 6.61 Å². The van der Waals surface area contributed by atoms with Gasteiger partial charge in [-0.25, -0.2) is 4.79 Å². The first-order chi connectivity index (χ1) is 8.58. The topological polar surface area (TPSA) is 61.5 Å². The number of amides is 1. The van der Waals surface area contributed by atoms with Crippen LogP contribution in [0.25, 0.3) is 0 Å². The molecule has 4 nitrogen and oxygen atoms in total. The van der Waals surface area contributed by atoms with Crippen molar-refractivity contribution in [1.29, 1.82) is 0 Å². The van der Waals surface area contributed by atoms with Crippen molar-refractivity contribution in [3.8, 4) is 12.3 Å². The number of hydrogen-bond acceptors (Lipinski definition) is 3. The van der Waals surface area contributed by atoms with Crippen molar-refractivity contribution in [3.05, 3.63) is 0 Å². The highest BCUT2D eigenvalue weighted by Crippen LogP contribution is 2.45. The summed E-state index contributed by atoms with van der Waals surface area (Å²) in [7, 11) is -1.91. The van der Waals surface area contributed by atoms with Gasteiger partial charge in [0.05, 0.1) is 6.10 Å². The molecule has 1 aliphatic rings. The highest BCUT2D eigenvalue weighted by Gasteiger charge is 2.47. The first kappa shape index (κ1) is 16.1. The summed E-state index contributed by atoms with van der Waals surface area (Å²) in [5.74, 6) is 3.28. The molecule has 1 saturated carbocycles. The predicted molar refractivity (Wildman–Crippen MR) is 78.0 cm³/mol. The second-order valence-corrected chi connectivity index (χ2v) is 11.5. The molecule has 1 fully saturated rings. The van der Waals surface area contributed by atoms with Crippen LogP contribution >= 0.6 is 0 Å². The van der Waals surface area contributed by atoms with Gasteiger partial charge in [-0.3, -0.25) is 0 Å². The van der Waals surface area contributed by atoms with Crippen LogP contribution in [0.1, 0.15) is 27.2 Å². The van der Waals surface area contributed by atoms with Crippen LogP contribution in [0.4, 0.5) is 4.79 Å². The zero-order valence-corrected chi connectivity index (χ0v) is 13.5. The predicted octanol–water partition coefficient (Wildman–Crippen LogP) is 2.74. The minimum Gasteiger partial charge on any atom is -0.447 e. The van der Waals surface area contributed by atoms with Gasteiger partial charge in [-0.1, -0.05) is 20.8 Å². The van der Waals surface area contributed by atoms with Gasteiger partial charge >= 0.3 is 6.09 Å². The molecule has 0 spiro atoms. The van der Waals surface area contributed by atoms with Crippen molar-refractivity contribution in [1.82, 2.24) is 0 Å². The second kappa shape index (κ2) is 5.56. The summed E-state index contributed by atoms with van der Waals surface area (Å²) in [5, 5.41) is 0.110. The van der Waals surface area contributed by atoms with Crippen LogP contribution in [0.3, 0.4) is 0 Å². The number of hydrogen-bond donors (Lipinski definition) is 1. The molecular weight excluding hydrogens is 258 g/mol. The molecule has 1 aliphatic carbocycles. The summed E-state index contributed by atoms with van der Waals surface area (Å²) in [6, 6.07) is 0. The standard InChI is InChI=1S/C14H25NO3Si/c1-7-10-8-11(10)12(9-17-13(15)16)18-19(5,6)14(2,3)4/h1,10-12H,8-9H2,2-6H3,(H2,15,16)/t10-,11-,12-/m0/s1. The molecule has 108 valence electrons. The van der Waals surface area contributed by atoms with Crippen molar-refractivity contribution in [3.63, 3.8) is 0 Å². The van der Waals surface area contributed by atoms with Crippen LogP contribution in [0.5, 0.6) is 0 Å². The van der Waals surface area contributed by atoms with Crippen LogP contribution in [-0.4, -0.2) is 27.1 Å². The summed E-state index contributed by atoms with van der Waals surface area (Å²) in [4.78, 5) is 10.8. The summed E-state index contributed by atoms with van der Waals surface area (Å²) >= 11 is 0. The molecule has 1 amide bonds. The van der Waals surface area contributed by atoms with Crippen LogP contribution < -0.4 is 5.73 Å². The van der Waals surface area contributed by atoms with Crippen LogP contribution in [0.15, 0.2) is 0 Å². The van der Waals surface area contributed by atoms with E-state index in [1.54, 1.807) is 0 Å². The van der Waals surface area contributed by atoms with E-state index in [1.165, 1.54) is 0 Å². The number of carbonyl (C=O) groups is 1. The molecule has 0 bridgehead atoms. The Hall–Kier alpha value is -0.993. The van der Waals surface area contributed by atoms with E-state index in [0.29, 0.717) is 5.92 Å². The van der Waals surface area contributed by atoms with Crippen LogP contribution in [0, 0.1) is 24.2 Å². The minimum atomic E-state index is -1.91. The lowest BCUT2D eigenvalue weighted by molar-refractivity contribution is 0.0652. The fourth-order valence-electron chi connectivity index (χ4n) is 1.78. The Morgan fingerprint density at radius 3 is 2.47 bits per heavy atom. The zero-order valence-electron chi connectivity index (χ0n) is 12.5. The normalized spacial score (nSPS) is 24.4. The van der Waals surface area contributed by atoms with Gasteiger partial charge in [0.2, 0.25) is 0 Å². The van der Waals surface area contributed by atoms with E-state index in [0.717, 1.165) is 6.42 Å². The molecule has 2 N–H and O–H groups in total. The smallest absolute Gasteiger partial charge is 0.404 e. The summed E-state index contributed by atoms with van der Waals surface area (Å²) in [6.45, 7) is 11.1. The average molecular weight is 283 g/mol. The molecule has 0 radical (unpaired) electrons. The molecular formula is C14H25NO3Si. The van der Waals surface area contributed by atoms with E-state index in [9.17, 15) is 4.79 Å². The number of nitrogens with two attached hydrogens (primary N) is 1. The highest BCUT2D eigenvalue weighted by atomic mass is 28.4. The SMILES string of the molecule is C#C[C@H]1C[C@@H]1[C@H](COC(N)=O)O[Si](C)(C)C(C)(C)C. The Morgan fingerprint density at radius 1 is 1.53 bits per heavy atom. The summed E-state index contributed by atoms with van der Waals surface area (Å²) in [5.41, 5.74) is 5.03. The Labute approximate surface area is 117 Å². The van der Waals surface area contributed by atoms with E-state index < -0.39 is 14.4 Å². The number of carbonyl (C=O) groups excluding carboxylic acids is 1. The maximum absolute atomic E-state index is 10.8. The number of terminal acetylenes is 1. The Balaban J connectivity index is 2.70. The highest BCUT2D eigenvalue weighted by molar-refractivity contribution is 6.74. The van der Waals surface area contributed by atoms with Crippen LogP contribution in [0.2, 0.25) is 18.1 Å². The largest absolute Gasteiger partial charge is 0.447 e. The molecule has 0 aromatic carbocycles. The van der Waals surface area contributed by atoms with Crippen molar-refractivity contribution in [2.24, 2.45) is 17.6 Å². The lowest BCUT2D eigenvalue weighted by Gasteiger charge is -2.39. The molecule has 0 heterocycles. The lowest BCUT2D eigenvalue weighted by Crippen LogP contribution is -2.46. The van der Waals surface area contributed by atoms with E-state index in [-0.39, 0.29) is 23.7 Å². The molecule has 0 aliphatic heterocycles. The Morgan fingerprint density at radius 2 is 2.11 bits per heavy atom. The molecule has 0 aromatic heterocycles. The third-order valence-electron chi connectivity index (χ3n) is 4.17. The van der Waals surface area contributed by atoms with Gasteiger partial charge in [0.1, 0.15) is 6.61 Å². The number of rotatable bonds is 5. The Kier molecular flexibility index (Phi) is 4.70. The second-order valence-electron chi connectivity index (χ2n) is 6.72. The molecule has 5 heteroatoms. The van der Waals surface area contributed by atoms with E-state index >= 15 is 0 Å². The molecule has 1 rings (SSSR count). The molecule has 19 heavy (non-hydrogen) atoms. The molecule has 3 atom stereocenters. The van der Waals surface area contributed by atoms with E-state index in [4.69, 9.17) is 21.3 Å². The quantitative estimate of drug-likeness (QED) is 0.623. The van der Waals surface area contributed by atoms with Gasteiger partial charge in [0, 0.05) is 11.8 Å². The van der Waals surface area contributed by atoms with Gasteiger partial charge in [-0.2, -0.15) is 0 Å². The fourth-order valence-corrected chi connectivity index (χ4v) is 3.13. The van der Waals surface area contributed by atoms with Crippen molar-refractivity contribution < 1.29 is 14.0 Å². The van der Waals surface area contributed by atoms with Gasteiger partial charge in [0.15, 0.2) is 8.32 Å². The van der Waals surface area contributed by atoms with Crippen molar-refractivity contribution in [2.45, 2.75) is 51.4 Å². The third-order valence-corrected chi connectivity index (χ3v) is 8.68. The minimum absolute atomic E-state index is 0.110. The first-order valence-corrected chi connectivity index (χ1v) is 9.55. The third kappa shape index (κ3) is 4.25. The zero-order chi connectivity index (χ0) is 14.8. The first-order valence-electron chi connectivity index (χ1n) is 6.64. The lowest BCUT2D eigenvalue weighted by atomic mass is 10.2. The van der Waals surface area contributed by atoms with Gasteiger partial charge in [-0.15, -0.1) is 12.3 Å². The fraction of sp³-hybridized carbons (Fsp3) is 0.786. The average Bonchev–Trinajstić information content (AvgIpc) is 3.01. The monoisotopic (exact) mass is 283 g/mol. The van der Waals surface area contributed by atoms with Gasteiger partial charge in [0.25, 0.3) is 0 Å². The molecule has 0 unspecified atom stereocenters. The maximum Gasteiger partial charge on any atom is 0.404 e. The number of primary amides is 1. The number of ether oxygens (including phenoxy) is 1. The summed E-state index contributed by atoms with van der Waals surface area (Å²) < 4.78 is 11.2. The van der Waals surface area contributed by atoms with Gasteiger partial charge < -0.3 is 14.9 Å². The molecule has 0 aromatic rings. The van der Waals surface area contributed by atoms with Gasteiger partial charge in [-0.05, 0) is 24.6 Å². The van der Waals surface area contributed by atoms with Crippen LogP contribution in [-0.2, 0) is 9.16 Å². The maximum atomic E-state index is 10.8. The van der Waals surface area contributed by atoms with E-state index in [1.807, 2.05) is 0 Å². The molecule has 0 saturated heterocycles.